The van der Waals surface area contributed by atoms with Crippen LogP contribution >= 0.6 is 0 Å². The van der Waals surface area contributed by atoms with Crippen LogP contribution in [0.4, 0.5) is 14.5 Å². The van der Waals surface area contributed by atoms with Gasteiger partial charge >= 0.3 is 0 Å². The monoisotopic (exact) mass is 214 g/mol. The number of halogens is 2. The average Bonchev–Trinajstić information content (AvgIpc) is 2.10. The van der Waals surface area contributed by atoms with Crippen molar-refractivity contribution in [3.05, 3.63) is 29.8 Å². The fraction of sp³-hybridized carbons (Fsp3) is 0.300. The number of benzene rings is 1. The lowest BCUT2D eigenvalue weighted by Gasteiger charge is -2.13. The van der Waals surface area contributed by atoms with Crippen LogP contribution in [0, 0.1) is 11.6 Å². The van der Waals surface area contributed by atoms with Gasteiger partial charge in [0.2, 0.25) is 5.91 Å². The molecule has 82 valence electrons. The van der Waals surface area contributed by atoms with Gasteiger partial charge in [0.15, 0.2) is 0 Å². The molecule has 0 spiro atoms. The van der Waals surface area contributed by atoms with Gasteiger partial charge in [-0.1, -0.05) is 0 Å². The molecule has 0 radical (unpaired) electrons. The summed E-state index contributed by atoms with van der Waals surface area (Å²) in [6.07, 6.45) is 0.0654. The number of carbonyl (C=O) groups is 1. The summed E-state index contributed by atoms with van der Waals surface area (Å²) < 4.78 is 25.9. The summed E-state index contributed by atoms with van der Waals surface area (Å²) in [4.78, 5) is 10.6. The van der Waals surface area contributed by atoms with Crippen LogP contribution in [0.5, 0.6) is 0 Å². The number of anilines is 1. The van der Waals surface area contributed by atoms with Crippen molar-refractivity contribution >= 4 is 11.6 Å². The zero-order chi connectivity index (χ0) is 11.4. The first-order chi connectivity index (χ1) is 6.99. The predicted molar refractivity (Wildman–Crippen MR) is 53.3 cm³/mol. The largest absolute Gasteiger partial charge is 0.380 e. The topological polar surface area (TPSA) is 55.1 Å². The van der Waals surface area contributed by atoms with E-state index in [0.29, 0.717) is 0 Å². The Morgan fingerprint density at radius 2 is 2.20 bits per heavy atom. The van der Waals surface area contributed by atoms with E-state index in [2.05, 4.69) is 5.32 Å². The lowest BCUT2D eigenvalue weighted by molar-refractivity contribution is -0.118. The molecular formula is C10H12F2N2O. The van der Waals surface area contributed by atoms with Crippen molar-refractivity contribution in [1.82, 2.24) is 0 Å². The molecule has 15 heavy (non-hydrogen) atoms. The van der Waals surface area contributed by atoms with Crippen LogP contribution in [0.1, 0.15) is 13.3 Å². The van der Waals surface area contributed by atoms with E-state index in [4.69, 9.17) is 5.73 Å². The molecule has 0 saturated carbocycles. The number of nitrogens with one attached hydrogen (secondary N) is 1. The van der Waals surface area contributed by atoms with Crippen molar-refractivity contribution in [3.8, 4) is 0 Å². The molecule has 1 unspecified atom stereocenters. The maximum absolute atomic E-state index is 13.1. The zero-order valence-corrected chi connectivity index (χ0v) is 8.26. The van der Waals surface area contributed by atoms with E-state index >= 15 is 0 Å². The molecule has 0 saturated heterocycles. The van der Waals surface area contributed by atoms with Crippen LogP contribution in [-0.2, 0) is 4.79 Å². The number of hydrogen-bond donors (Lipinski definition) is 2. The van der Waals surface area contributed by atoms with Gasteiger partial charge in [-0.15, -0.1) is 0 Å². The number of carbonyl (C=O) groups excluding carboxylic acids is 1. The second-order valence-electron chi connectivity index (χ2n) is 3.34. The first kappa shape index (κ1) is 11.4. The lowest BCUT2D eigenvalue weighted by Crippen LogP contribution is -2.24. The highest BCUT2D eigenvalue weighted by atomic mass is 19.1. The van der Waals surface area contributed by atoms with Gasteiger partial charge in [0.1, 0.15) is 11.6 Å². The number of nitrogens with two attached hydrogens (primary N) is 1. The van der Waals surface area contributed by atoms with Crippen molar-refractivity contribution in [1.29, 1.82) is 0 Å². The molecule has 1 amide bonds. The standard InChI is InChI=1S/C10H12F2N2O/c1-6(4-10(13)15)14-9-5-7(11)2-3-8(9)12/h2-3,5-6,14H,4H2,1H3,(H2,13,15). The smallest absolute Gasteiger partial charge is 0.219 e. The highest BCUT2D eigenvalue weighted by Gasteiger charge is 2.09. The summed E-state index contributed by atoms with van der Waals surface area (Å²) in [5.74, 6) is -1.59. The summed E-state index contributed by atoms with van der Waals surface area (Å²) in [5.41, 5.74) is 5.00. The van der Waals surface area contributed by atoms with E-state index in [1.54, 1.807) is 6.92 Å². The SMILES string of the molecule is CC(CC(N)=O)Nc1cc(F)ccc1F. The average molecular weight is 214 g/mol. The highest BCUT2D eigenvalue weighted by Crippen LogP contribution is 2.16. The first-order valence-electron chi connectivity index (χ1n) is 4.49. The number of rotatable bonds is 4. The van der Waals surface area contributed by atoms with Crippen LogP contribution < -0.4 is 11.1 Å². The molecule has 0 aromatic heterocycles. The summed E-state index contributed by atoms with van der Waals surface area (Å²) in [7, 11) is 0. The van der Waals surface area contributed by atoms with Gasteiger partial charge in [0, 0.05) is 12.5 Å². The van der Waals surface area contributed by atoms with Crippen molar-refractivity contribution in [2.45, 2.75) is 19.4 Å². The second-order valence-corrected chi connectivity index (χ2v) is 3.34. The third-order valence-corrected chi connectivity index (χ3v) is 1.84. The first-order valence-corrected chi connectivity index (χ1v) is 4.49. The Morgan fingerprint density at radius 3 is 2.80 bits per heavy atom. The van der Waals surface area contributed by atoms with E-state index in [1.165, 1.54) is 0 Å². The zero-order valence-electron chi connectivity index (χ0n) is 8.26. The Labute approximate surface area is 86.3 Å². The summed E-state index contributed by atoms with van der Waals surface area (Å²) in [5, 5.41) is 2.67. The van der Waals surface area contributed by atoms with E-state index in [-0.39, 0.29) is 18.2 Å². The van der Waals surface area contributed by atoms with Crippen LogP contribution in [0.3, 0.4) is 0 Å². The molecule has 0 heterocycles. The molecule has 1 atom stereocenters. The van der Waals surface area contributed by atoms with Gasteiger partial charge in [-0.25, -0.2) is 8.78 Å². The molecule has 1 aromatic carbocycles. The van der Waals surface area contributed by atoms with Gasteiger partial charge in [0.25, 0.3) is 0 Å². The van der Waals surface area contributed by atoms with Gasteiger partial charge in [-0.3, -0.25) is 4.79 Å². The molecular weight excluding hydrogens is 202 g/mol. The molecule has 0 aliphatic carbocycles. The molecule has 0 aliphatic rings. The Hall–Kier alpha value is -1.65. The molecule has 0 fully saturated rings. The lowest BCUT2D eigenvalue weighted by atomic mass is 10.2. The molecule has 3 nitrogen and oxygen atoms in total. The van der Waals surface area contributed by atoms with Gasteiger partial charge < -0.3 is 11.1 Å². The maximum Gasteiger partial charge on any atom is 0.219 e. The number of amides is 1. The molecule has 0 aliphatic heterocycles. The molecule has 3 N–H and O–H groups in total. The minimum atomic E-state index is -0.562. The van der Waals surface area contributed by atoms with Gasteiger partial charge in [0.05, 0.1) is 5.69 Å². The molecule has 1 rings (SSSR count). The van der Waals surface area contributed by atoms with Crippen molar-refractivity contribution in [2.75, 3.05) is 5.32 Å². The normalized spacial score (nSPS) is 12.2. The van der Waals surface area contributed by atoms with E-state index in [0.717, 1.165) is 18.2 Å². The Kier molecular flexibility index (Phi) is 3.60. The van der Waals surface area contributed by atoms with Gasteiger partial charge in [-0.2, -0.15) is 0 Å². The fourth-order valence-corrected chi connectivity index (χ4v) is 1.23. The Morgan fingerprint density at radius 1 is 1.53 bits per heavy atom. The second kappa shape index (κ2) is 4.72. The summed E-state index contributed by atoms with van der Waals surface area (Å²) in [6.45, 7) is 1.66. The van der Waals surface area contributed by atoms with Gasteiger partial charge in [-0.05, 0) is 25.1 Å². The minimum Gasteiger partial charge on any atom is -0.380 e. The molecule has 5 heteroatoms. The van der Waals surface area contributed by atoms with Crippen molar-refractivity contribution in [2.24, 2.45) is 5.73 Å². The molecule has 0 bridgehead atoms. The Balaban J connectivity index is 2.71. The van der Waals surface area contributed by atoms with E-state index in [9.17, 15) is 13.6 Å². The van der Waals surface area contributed by atoms with Crippen molar-refractivity contribution < 1.29 is 13.6 Å². The third kappa shape index (κ3) is 3.53. The summed E-state index contributed by atoms with van der Waals surface area (Å²) >= 11 is 0. The predicted octanol–water partition coefficient (Wildman–Crippen LogP) is 1.64. The third-order valence-electron chi connectivity index (χ3n) is 1.84. The van der Waals surface area contributed by atoms with Crippen LogP contribution in [0.15, 0.2) is 18.2 Å². The molecule has 1 aromatic rings. The fourth-order valence-electron chi connectivity index (χ4n) is 1.23. The van der Waals surface area contributed by atoms with Crippen molar-refractivity contribution in [3.63, 3.8) is 0 Å². The Bertz CT molecular complexity index is 368. The van der Waals surface area contributed by atoms with Crippen LogP contribution in [0.25, 0.3) is 0 Å². The van der Waals surface area contributed by atoms with Crippen LogP contribution in [-0.4, -0.2) is 11.9 Å². The highest BCUT2D eigenvalue weighted by molar-refractivity contribution is 5.74. The summed E-state index contributed by atoms with van der Waals surface area (Å²) in [6, 6.07) is 2.75. The quantitative estimate of drug-likeness (QED) is 0.800. The maximum atomic E-state index is 13.1. The van der Waals surface area contributed by atoms with E-state index in [1.807, 2.05) is 0 Å². The number of primary amides is 1. The number of hydrogen-bond acceptors (Lipinski definition) is 2. The van der Waals surface area contributed by atoms with E-state index < -0.39 is 17.5 Å². The van der Waals surface area contributed by atoms with Crippen LogP contribution in [0.2, 0.25) is 0 Å². The minimum absolute atomic E-state index is 0.0313.